The SMILES string of the molecule is Cc1c(C2CC(NC(=O)c3ccc4ccccc4n3)C2)c2cc(F)ccc2n1CC(=O)O.Cc1c(C2CCC(NC(=O)c3cc(F)ccn3)CC2)c2cc(F)ccc2n1CC(=O)O.Cc1c(C2CCC(NC(=O)c3ccccn3)CC2)c2cc(F)ccc2n1CC(=O)O.Cl.Cl.Cl. The number of carboxylic acids is 3. The summed E-state index contributed by atoms with van der Waals surface area (Å²) in [7, 11) is 0. The lowest BCUT2D eigenvalue weighted by Crippen LogP contribution is -2.43. The number of pyridine rings is 3. The van der Waals surface area contributed by atoms with Crippen LogP contribution < -0.4 is 16.0 Å². The Bertz CT molecular complexity index is 4530. The van der Waals surface area contributed by atoms with Crippen molar-refractivity contribution >= 4 is 116 Å². The highest BCUT2D eigenvalue weighted by Gasteiger charge is 2.36. The van der Waals surface area contributed by atoms with Gasteiger partial charge in [0.1, 0.15) is 60.0 Å². The molecule has 3 amide bonds. The van der Waals surface area contributed by atoms with Crippen LogP contribution in [-0.4, -0.2) is 97.7 Å². The number of carbonyl (C=O) groups is 6. The molecule has 0 aliphatic heterocycles. The fourth-order valence-corrected chi connectivity index (χ4v) is 14.0. The van der Waals surface area contributed by atoms with E-state index in [1.807, 2.05) is 51.1 Å². The summed E-state index contributed by atoms with van der Waals surface area (Å²) in [6.45, 7) is 5.16. The first-order valence-corrected chi connectivity index (χ1v) is 31.0. The van der Waals surface area contributed by atoms with Crippen LogP contribution in [0.4, 0.5) is 17.6 Å². The number of para-hydroxylation sites is 1. The maximum Gasteiger partial charge on any atom is 0.323 e. The highest BCUT2D eigenvalue weighted by atomic mass is 35.5. The van der Waals surface area contributed by atoms with E-state index >= 15 is 0 Å². The van der Waals surface area contributed by atoms with Crippen molar-refractivity contribution in [2.24, 2.45) is 0 Å². The molecule has 0 unspecified atom stereocenters. The van der Waals surface area contributed by atoms with Crippen LogP contribution in [0.3, 0.4) is 0 Å². The number of carboxylic acid groups (broad SMARTS) is 3. The summed E-state index contributed by atoms with van der Waals surface area (Å²) in [5.41, 5.74) is 9.29. The predicted molar refractivity (Wildman–Crippen MR) is 363 cm³/mol. The average molecular weight is 1380 g/mol. The van der Waals surface area contributed by atoms with E-state index in [2.05, 4.69) is 30.9 Å². The number of nitrogens with zero attached hydrogens (tertiary/aromatic N) is 6. The lowest BCUT2D eigenvalue weighted by molar-refractivity contribution is -0.138. The number of hydrogen-bond acceptors (Lipinski definition) is 9. The number of fused-ring (bicyclic) bond motifs is 4. The van der Waals surface area contributed by atoms with Gasteiger partial charge in [-0.1, -0.05) is 30.3 Å². The van der Waals surface area contributed by atoms with Crippen molar-refractivity contribution in [3.8, 4) is 0 Å². The van der Waals surface area contributed by atoms with Gasteiger partial charge in [0.2, 0.25) is 0 Å². The molecule has 0 spiro atoms. The molecule has 504 valence electrons. The zero-order chi connectivity index (χ0) is 65.8. The maximum absolute atomic E-state index is 14.0. The van der Waals surface area contributed by atoms with Crippen molar-refractivity contribution in [3.05, 3.63) is 208 Å². The van der Waals surface area contributed by atoms with E-state index in [4.69, 9.17) is 0 Å². The number of amides is 3. The highest BCUT2D eigenvalue weighted by molar-refractivity contribution is 5.96. The molecule has 3 aliphatic rings. The largest absolute Gasteiger partial charge is 0.480 e. The molecule has 10 aromatic rings. The van der Waals surface area contributed by atoms with Gasteiger partial charge >= 0.3 is 17.9 Å². The van der Waals surface area contributed by atoms with Gasteiger partial charge in [0.25, 0.3) is 17.7 Å². The predicted octanol–water partition coefficient (Wildman–Crippen LogP) is 13.9. The molecule has 3 saturated carbocycles. The number of rotatable bonds is 15. The van der Waals surface area contributed by atoms with Crippen LogP contribution in [0, 0.1) is 44.0 Å². The Morgan fingerprint density at radius 1 is 0.427 bits per heavy atom. The summed E-state index contributed by atoms with van der Waals surface area (Å²) in [5.74, 6) is -4.68. The Kier molecular flexibility index (Phi) is 23.7. The number of carbonyl (C=O) groups excluding carboxylic acids is 3. The molecule has 25 heteroatoms. The van der Waals surface area contributed by atoms with E-state index in [-0.39, 0.29) is 128 Å². The van der Waals surface area contributed by atoms with Gasteiger partial charge in [-0.25, -0.2) is 22.5 Å². The Balaban J connectivity index is 0.000000181. The van der Waals surface area contributed by atoms with Gasteiger partial charge in [0.05, 0.1) is 5.52 Å². The average Bonchev–Trinajstić information content (AvgIpc) is 1.61. The molecule has 96 heavy (non-hydrogen) atoms. The molecule has 3 fully saturated rings. The first-order valence-electron chi connectivity index (χ1n) is 31.0. The van der Waals surface area contributed by atoms with Gasteiger partial charge in [0.15, 0.2) is 0 Å². The molecule has 6 heterocycles. The topological polar surface area (TPSA) is 253 Å². The van der Waals surface area contributed by atoms with E-state index < -0.39 is 29.6 Å². The number of aromatic nitrogens is 6. The van der Waals surface area contributed by atoms with Crippen molar-refractivity contribution in [1.29, 1.82) is 0 Å². The van der Waals surface area contributed by atoms with Crippen molar-refractivity contribution in [2.75, 3.05) is 0 Å². The summed E-state index contributed by atoms with van der Waals surface area (Å²) in [6, 6.07) is 32.2. The maximum atomic E-state index is 14.0. The van der Waals surface area contributed by atoms with Crippen LogP contribution >= 0.6 is 37.2 Å². The number of benzene rings is 4. The minimum absolute atomic E-state index is 0. The Morgan fingerprint density at radius 3 is 1.26 bits per heavy atom. The molecular weight excluding hydrogens is 1310 g/mol. The molecule has 4 aromatic carbocycles. The second kappa shape index (κ2) is 31.5. The van der Waals surface area contributed by atoms with E-state index in [1.54, 1.807) is 62.4 Å². The fourth-order valence-electron chi connectivity index (χ4n) is 14.0. The minimum atomic E-state index is -0.951. The van der Waals surface area contributed by atoms with E-state index in [0.29, 0.717) is 48.1 Å². The highest BCUT2D eigenvalue weighted by Crippen LogP contribution is 2.45. The molecule has 0 saturated heterocycles. The summed E-state index contributed by atoms with van der Waals surface area (Å²) in [6.07, 6.45) is 10.6. The molecule has 0 atom stereocenters. The number of nitrogens with one attached hydrogen (secondary N) is 3. The molecular formula is C71H72Cl3F4N9O9. The van der Waals surface area contributed by atoms with Crippen molar-refractivity contribution in [3.63, 3.8) is 0 Å². The Morgan fingerprint density at radius 2 is 0.823 bits per heavy atom. The first kappa shape index (κ1) is 72.4. The van der Waals surface area contributed by atoms with Gasteiger partial charge in [-0.15, -0.1) is 37.2 Å². The van der Waals surface area contributed by atoms with Crippen LogP contribution in [-0.2, 0) is 34.0 Å². The molecule has 0 bridgehead atoms. The number of hydrogen-bond donors (Lipinski definition) is 6. The molecule has 18 nitrogen and oxygen atoms in total. The van der Waals surface area contributed by atoms with Gasteiger partial charge in [-0.2, -0.15) is 0 Å². The third-order valence-corrected chi connectivity index (χ3v) is 18.4. The summed E-state index contributed by atoms with van der Waals surface area (Å²) in [4.78, 5) is 83.9. The van der Waals surface area contributed by atoms with Gasteiger partial charge in [-0.05, 0) is 204 Å². The zero-order valence-electron chi connectivity index (χ0n) is 52.6. The van der Waals surface area contributed by atoms with Crippen molar-refractivity contribution in [1.82, 2.24) is 44.6 Å². The summed E-state index contributed by atoms with van der Waals surface area (Å²) < 4.78 is 60.4. The normalized spacial score (nSPS) is 18.0. The van der Waals surface area contributed by atoms with Gasteiger partial charge in [-0.3, -0.25) is 38.7 Å². The third kappa shape index (κ3) is 16.1. The van der Waals surface area contributed by atoms with Crippen LogP contribution in [0.1, 0.15) is 147 Å². The smallest absolute Gasteiger partial charge is 0.323 e. The van der Waals surface area contributed by atoms with Crippen LogP contribution in [0.15, 0.2) is 134 Å². The lowest BCUT2D eigenvalue weighted by atomic mass is 9.75. The summed E-state index contributed by atoms with van der Waals surface area (Å²) in [5, 5.41) is 40.1. The van der Waals surface area contributed by atoms with Gasteiger partial charge in [0, 0.05) is 91.8 Å². The van der Waals surface area contributed by atoms with Crippen LogP contribution in [0.25, 0.3) is 43.6 Å². The number of aliphatic carboxylic acids is 3. The van der Waals surface area contributed by atoms with Crippen molar-refractivity contribution < 1.29 is 61.6 Å². The zero-order valence-corrected chi connectivity index (χ0v) is 55.0. The standard InChI is InChI=1S/C25H22FN3O3.C23H23F2N3O3.C23H24FN3O3.3ClH/c1-14-24(19-12-17(26)7-9-22(19)29(14)13-23(30)31)16-10-18(11-16)27-25(32)21-8-6-15-4-2-3-5-20(15)28-21;1-13-22(18-10-15(24)4-7-20(18)28(13)12-21(29)30)14-2-5-17(6-3-14)27-23(31)19-11-16(25)8-9-26-19;1-14-22(18-12-16(24)7-10-20(18)27(14)13-21(28)29)15-5-8-17(9-6-15)26-23(30)19-4-2-3-11-25-19;;;/h2-9,12,16,18H,10-11,13H2,1H3,(H,27,32)(H,30,31);4,7-11,14,17H,2-3,5-6,12H2,1H3,(H,27,31)(H,29,30);2-4,7,10-12,15,17H,5-6,8-9,13H2,1H3,(H,26,30)(H,28,29);3*1H. The second-order valence-electron chi connectivity index (χ2n) is 24.3. The molecule has 13 rings (SSSR count). The molecule has 0 radical (unpaired) electrons. The van der Waals surface area contributed by atoms with Gasteiger partial charge < -0.3 is 45.0 Å². The Labute approximate surface area is 568 Å². The van der Waals surface area contributed by atoms with E-state index in [9.17, 15) is 61.6 Å². The Hall–Kier alpha value is -9.38. The quantitative estimate of drug-likeness (QED) is 0.0524. The molecule has 6 aromatic heterocycles. The molecule has 3 aliphatic carbocycles. The number of halogens is 7. The third-order valence-electron chi connectivity index (χ3n) is 18.4. The fraction of sp³-hybridized carbons (Fsp3) is 0.310. The monoisotopic (exact) mass is 1380 g/mol. The summed E-state index contributed by atoms with van der Waals surface area (Å²) >= 11 is 0. The van der Waals surface area contributed by atoms with Crippen LogP contribution in [0.5, 0.6) is 0 Å². The minimum Gasteiger partial charge on any atom is -0.480 e. The van der Waals surface area contributed by atoms with E-state index in [1.165, 1.54) is 48.7 Å². The first-order chi connectivity index (χ1) is 44.7. The van der Waals surface area contributed by atoms with Crippen LogP contribution in [0.2, 0.25) is 0 Å². The second-order valence-corrected chi connectivity index (χ2v) is 24.3. The van der Waals surface area contributed by atoms with E-state index in [0.717, 1.165) is 111 Å². The van der Waals surface area contributed by atoms with Crippen molar-refractivity contribution in [2.45, 2.75) is 140 Å². The molecule has 6 N–H and O–H groups in total. The lowest BCUT2D eigenvalue weighted by Gasteiger charge is -2.36.